The Morgan fingerprint density at radius 2 is 1.82 bits per heavy atom. The van der Waals surface area contributed by atoms with E-state index in [0.29, 0.717) is 24.1 Å². The number of fused-ring (bicyclic) bond motifs is 2. The van der Waals surface area contributed by atoms with Crippen molar-refractivity contribution in [2.45, 2.75) is 18.4 Å². The van der Waals surface area contributed by atoms with Crippen LogP contribution in [0.2, 0.25) is 0 Å². The molecule has 8 heteroatoms. The van der Waals surface area contributed by atoms with Gasteiger partial charge in [0, 0.05) is 11.3 Å². The number of amides is 5. The van der Waals surface area contributed by atoms with Crippen molar-refractivity contribution in [1.29, 1.82) is 0 Å². The molecule has 0 radical (unpaired) electrons. The number of primary amides is 1. The highest BCUT2D eigenvalue weighted by Crippen LogP contribution is 2.41. The lowest BCUT2D eigenvalue weighted by molar-refractivity contribution is -0.134. The molecule has 2 aliphatic rings. The van der Waals surface area contributed by atoms with Crippen molar-refractivity contribution in [3.63, 3.8) is 0 Å². The fourth-order valence-electron chi connectivity index (χ4n) is 3.80. The number of nitrogens with one attached hydrogen (secondary N) is 2. The van der Waals surface area contributed by atoms with Gasteiger partial charge in [-0.3, -0.25) is 19.3 Å². The van der Waals surface area contributed by atoms with Crippen molar-refractivity contribution < 1.29 is 19.2 Å². The molecule has 0 bridgehead atoms. The van der Waals surface area contributed by atoms with E-state index in [1.807, 2.05) is 24.3 Å². The molecule has 28 heavy (non-hydrogen) atoms. The van der Waals surface area contributed by atoms with Crippen LogP contribution in [0.3, 0.4) is 0 Å². The summed E-state index contributed by atoms with van der Waals surface area (Å²) in [7, 11) is 0. The fourth-order valence-corrected chi connectivity index (χ4v) is 3.80. The number of anilines is 1. The summed E-state index contributed by atoms with van der Waals surface area (Å²) < 4.78 is 0. The van der Waals surface area contributed by atoms with E-state index in [1.54, 1.807) is 0 Å². The van der Waals surface area contributed by atoms with Crippen LogP contribution in [0.25, 0.3) is 0 Å². The molecule has 1 saturated heterocycles. The first-order chi connectivity index (χ1) is 13.4. The summed E-state index contributed by atoms with van der Waals surface area (Å²) in [6, 6.07) is 12.9. The lowest BCUT2D eigenvalue weighted by Gasteiger charge is -2.22. The monoisotopic (exact) mass is 378 g/mol. The van der Waals surface area contributed by atoms with Crippen LogP contribution in [-0.2, 0) is 21.5 Å². The maximum absolute atomic E-state index is 13.0. The van der Waals surface area contributed by atoms with Crippen molar-refractivity contribution in [2.24, 2.45) is 5.73 Å². The van der Waals surface area contributed by atoms with E-state index in [9.17, 15) is 19.2 Å². The van der Waals surface area contributed by atoms with Gasteiger partial charge in [-0.1, -0.05) is 24.3 Å². The molecule has 4 rings (SSSR count). The number of imide groups is 1. The predicted octanol–water partition coefficient (Wildman–Crippen LogP) is 1.12. The molecule has 5 amide bonds. The second-order valence-corrected chi connectivity index (χ2v) is 6.87. The van der Waals surface area contributed by atoms with Gasteiger partial charge in [0.05, 0.1) is 0 Å². The first kappa shape index (κ1) is 17.7. The summed E-state index contributed by atoms with van der Waals surface area (Å²) in [4.78, 5) is 49.8. The van der Waals surface area contributed by atoms with Crippen LogP contribution in [0.15, 0.2) is 48.5 Å². The van der Waals surface area contributed by atoms with Gasteiger partial charge >= 0.3 is 6.03 Å². The average Bonchev–Trinajstić information content (AvgIpc) is 3.16. The van der Waals surface area contributed by atoms with Crippen LogP contribution in [0.5, 0.6) is 0 Å². The molecule has 1 aliphatic heterocycles. The highest BCUT2D eigenvalue weighted by molar-refractivity contribution is 6.11. The zero-order valence-electron chi connectivity index (χ0n) is 14.9. The normalized spacial score (nSPS) is 20.2. The van der Waals surface area contributed by atoms with Gasteiger partial charge in [-0.05, 0) is 48.2 Å². The third-order valence-electron chi connectivity index (χ3n) is 5.18. The average molecular weight is 378 g/mol. The number of nitrogens with two attached hydrogens (primary N) is 1. The van der Waals surface area contributed by atoms with E-state index in [4.69, 9.17) is 5.73 Å². The number of hydrogen-bond donors (Lipinski definition) is 3. The topological polar surface area (TPSA) is 122 Å². The Kier molecular flexibility index (Phi) is 4.11. The van der Waals surface area contributed by atoms with Gasteiger partial charge in [-0.25, -0.2) is 4.79 Å². The molecule has 1 aliphatic carbocycles. The Balaban J connectivity index is 1.48. The summed E-state index contributed by atoms with van der Waals surface area (Å²) in [5.74, 6) is -1.50. The molecular weight excluding hydrogens is 360 g/mol. The van der Waals surface area contributed by atoms with Crippen molar-refractivity contribution >= 4 is 29.4 Å². The minimum atomic E-state index is -1.09. The molecule has 1 fully saturated rings. The van der Waals surface area contributed by atoms with Gasteiger partial charge in [-0.15, -0.1) is 0 Å². The highest BCUT2D eigenvalue weighted by Gasteiger charge is 2.55. The Morgan fingerprint density at radius 1 is 1.11 bits per heavy atom. The second-order valence-electron chi connectivity index (χ2n) is 6.87. The van der Waals surface area contributed by atoms with Gasteiger partial charge in [0.1, 0.15) is 12.1 Å². The van der Waals surface area contributed by atoms with E-state index < -0.39 is 35.8 Å². The zero-order chi connectivity index (χ0) is 19.9. The third kappa shape index (κ3) is 2.79. The minimum absolute atomic E-state index is 0.314. The molecule has 0 saturated carbocycles. The Labute approximate surface area is 160 Å². The number of rotatable bonds is 4. The molecule has 2 aromatic rings. The first-order valence-electron chi connectivity index (χ1n) is 8.83. The SMILES string of the molecule is NC(=O)c1ccc(NC(=O)CN2C(=O)N[C@@]3(CCc4ccccc43)C2=O)cc1. The number of benzene rings is 2. The number of hydrogen-bond acceptors (Lipinski definition) is 4. The van der Waals surface area contributed by atoms with E-state index >= 15 is 0 Å². The predicted molar refractivity (Wildman–Crippen MR) is 100 cm³/mol. The van der Waals surface area contributed by atoms with Crippen molar-refractivity contribution in [2.75, 3.05) is 11.9 Å². The van der Waals surface area contributed by atoms with E-state index in [1.165, 1.54) is 24.3 Å². The molecular formula is C20H18N4O4. The number of urea groups is 1. The lowest BCUT2D eigenvalue weighted by Crippen LogP contribution is -2.43. The number of carbonyl (C=O) groups excluding carboxylic acids is 4. The van der Waals surface area contributed by atoms with Crippen molar-refractivity contribution in [1.82, 2.24) is 10.2 Å². The summed E-state index contributed by atoms with van der Waals surface area (Å²) in [6.07, 6.45) is 1.16. The minimum Gasteiger partial charge on any atom is -0.366 e. The molecule has 1 atom stereocenters. The van der Waals surface area contributed by atoms with Gasteiger partial charge in [0.2, 0.25) is 11.8 Å². The zero-order valence-corrected chi connectivity index (χ0v) is 14.9. The number of nitrogens with zero attached hydrogens (tertiary/aromatic N) is 1. The Hall–Kier alpha value is -3.68. The van der Waals surface area contributed by atoms with Crippen molar-refractivity contribution in [3.05, 3.63) is 65.2 Å². The van der Waals surface area contributed by atoms with Gasteiger partial charge in [0.25, 0.3) is 5.91 Å². The first-order valence-corrected chi connectivity index (χ1v) is 8.83. The van der Waals surface area contributed by atoms with Gasteiger partial charge < -0.3 is 16.4 Å². The molecule has 142 valence electrons. The van der Waals surface area contributed by atoms with Gasteiger partial charge in [-0.2, -0.15) is 0 Å². The standard InChI is InChI=1S/C20H18N4O4/c21-17(26)13-5-7-14(8-6-13)22-16(25)11-24-18(27)20(23-19(24)28)10-9-12-3-1-2-4-15(12)20/h1-8H,9-11H2,(H2,21,26)(H,22,25)(H,23,28)/t20-/m1/s1. The molecule has 4 N–H and O–H groups in total. The summed E-state index contributed by atoms with van der Waals surface area (Å²) >= 11 is 0. The van der Waals surface area contributed by atoms with Crippen LogP contribution < -0.4 is 16.4 Å². The fraction of sp³-hybridized carbons (Fsp3) is 0.200. The van der Waals surface area contributed by atoms with Crippen LogP contribution in [0.1, 0.15) is 27.9 Å². The van der Waals surface area contributed by atoms with Crippen LogP contribution in [-0.4, -0.2) is 35.2 Å². The van der Waals surface area contributed by atoms with Crippen LogP contribution in [0, 0.1) is 0 Å². The third-order valence-corrected chi connectivity index (χ3v) is 5.18. The summed E-state index contributed by atoms with van der Waals surface area (Å²) in [5, 5.41) is 5.39. The lowest BCUT2D eigenvalue weighted by atomic mass is 9.92. The summed E-state index contributed by atoms with van der Waals surface area (Å²) in [5.41, 5.74) is 6.66. The van der Waals surface area contributed by atoms with E-state index in [2.05, 4.69) is 10.6 Å². The maximum atomic E-state index is 13.0. The molecule has 0 unspecified atom stereocenters. The molecule has 0 aromatic heterocycles. The Bertz CT molecular complexity index is 1000. The quantitative estimate of drug-likeness (QED) is 0.690. The Morgan fingerprint density at radius 3 is 2.54 bits per heavy atom. The van der Waals surface area contributed by atoms with E-state index in [0.717, 1.165) is 16.0 Å². The molecule has 8 nitrogen and oxygen atoms in total. The molecule has 1 spiro atoms. The van der Waals surface area contributed by atoms with Crippen molar-refractivity contribution in [3.8, 4) is 0 Å². The van der Waals surface area contributed by atoms with E-state index in [-0.39, 0.29) is 0 Å². The van der Waals surface area contributed by atoms with Crippen LogP contribution in [0.4, 0.5) is 10.5 Å². The van der Waals surface area contributed by atoms with Gasteiger partial charge in [0.15, 0.2) is 0 Å². The molecule has 1 heterocycles. The van der Waals surface area contributed by atoms with Crippen LogP contribution >= 0.6 is 0 Å². The summed E-state index contributed by atoms with van der Waals surface area (Å²) in [6.45, 7) is -0.397. The highest BCUT2D eigenvalue weighted by atomic mass is 16.2. The largest absolute Gasteiger partial charge is 0.366 e. The number of aryl methyl sites for hydroxylation is 1. The number of carbonyl (C=O) groups is 4. The molecule has 2 aromatic carbocycles. The maximum Gasteiger partial charge on any atom is 0.325 e. The smallest absolute Gasteiger partial charge is 0.325 e. The second kappa shape index (κ2) is 6.49.